The van der Waals surface area contributed by atoms with Crippen molar-refractivity contribution in [3.05, 3.63) is 73.6 Å². The highest BCUT2D eigenvalue weighted by Crippen LogP contribution is 2.30. The van der Waals surface area contributed by atoms with E-state index in [1.165, 1.54) is 18.7 Å². The lowest BCUT2D eigenvalue weighted by Crippen LogP contribution is -2.59. The van der Waals surface area contributed by atoms with Crippen molar-refractivity contribution in [3.8, 4) is 11.5 Å². The fourth-order valence-corrected chi connectivity index (χ4v) is 4.05. The Morgan fingerprint density at radius 3 is 2.86 bits per heavy atom. The molecule has 1 saturated heterocycles. The Morgan fingerprint density at radius 1 is 1.14 bits per heavy atom. The number of pyridine rings is 1. The molecule has 2 N–H and O–H groups in total. The Hall–Kier alpha value is -5.13. The number of hydrogen-bond acceptors (Lipinski definition) is 10. The van der Waals surface area contributed by atoms with Gasteiger partial charge in [-0.05, 0) is 42.8 Å². The number of anilines is 3. The number of hydrogen-bond donors (Lipinski definition) is 2. The van der Waals surface area contributed by atoms with E-state index in [0.717, 1.165) is 17.0 Å². The SMILES string of the molecule is C=CC(=O)NC1CN(c2ncc3ncnc(Nc4ccc(Oc5ccn6ncnc6c5)c(C)c4)c3n2)C1. The predicted molar refractivity (Wildman–Crippen MR) is 137 cm³/mol. The van der Waals surface area contributed by atoms with Crippen molar-refractivity contribution in [2.75, 3.05) is 23.3 Å². The van der Waals surface area contributed by atoms with E-state index in [2.05, 4.69) is 42.2 Å². The van der Waals surface area contributed by atoms with Gasteiger partial charge in [0.05, 0.1) is 12.2 Å². The summed E-state index contributed by atoms with van der Waals surface area (Å²) in [5.74, 6) is 2.33. The monoisotopic (exact) mass is 494 g/mol. The van der Waals surface area contributed by atoms with E-state index in [1.807, 2.05) is 42.2 Å². The molecule has 1 amide bonds. The van der Waals surface area contributed by atoms with Crippen LogP contribution < -0.4 is 20.3 Å². The maximum absolute atomic E-state index is 11.5. The maximum atomic E-state index is 11.5. The lowest BCUT2D eigenvalue weighted by atomic mass is 10.1. The molecular formula is C25H22N10O2. The highest BCUT2D eigenvalue weighted by molar-refractivity contribution is 5.88. The third-order valence-corrected chi connectivity index (χ3v) is 5.98. The second-order valence-corrected chi connectivity index (χ2v) is 8.57. The largest absolute Gasteiger partial charge is 0.457 e. The van der Waals surface area contributed by atoms with Gasteiger partial charge in [-0.1, -0.05) is 6.58 Å². The van der Waals surface area contributed by atoms with Crippen LogP contribution >= 0.6 is 0 Å². The minimum absolute atomic E-state index is 0.0383. The molecule has 12 heteroatoms. The summed E-state index contributed by atoms with van der Waals surface area (Å²) in [6, 6.07) is 9.49. The van der Waals surface area contributed by atoms with Crippen molar-refractivity contribution in [1.29, 1.82) is 0 Å². The van der Waals surface area contributed by atoms with Crippen LogP contribution in [0.4, 0.5) is 17.5 Å². The number of fused-ring (bicyclic) bond motifs is 2. The van der Waals surface area contributed by atoms with Crippen LogP contribution in [0.25, 0.3) is 16.7 Å². The van der Waals surface area contributed by atoms with Crippen molar-refractivity contribution < 1.29 is 9.53 Å². The normalized spacial score (nSPS) is 13.4. The van der Waals surface area contributed by atoms with E-state index in [1.54, 1.807) is 16.9 Å². The van der Waals surface area contributed by atoms with Crippen LogP contribution in [0.15, 0.2) is 68.0 Å². The quantitative estimate of drug-likeness (QED) is 0.325. The number of carbonyl (C=O) groups is 1. The minimum Gasteiger partial charge on any atom is -0.457 e. The molecule has 5 aromatic rings. The highest BCUT2D eigenvalue weighted by atomic mass is 16.5. The Morgan fingerprint density at radius 2 is 2.03 bits per heavy atom. The molecule has 12 nitrogen and oxygen atoms in total. The molecule has 1 aliphatic rings. The molecule has 0 radical (unpaired) electrons. The molecule has 184 valence electrons. The van der Waals surface area contributed by atoms with Crippen LogP contribution in [0.2, 0.25) is 0 Å². The van der Waals surface area contributed by atoms with Gasteiger partial charge in [0, 0.05) is 31.0 Å². The first-order valence-corrected chi connectivity index (χ1v) is 11.6. The lowest BCUT2D eigenvalue weighted by Gasteiger charge is -2.39. The summed E-state index contributed by atoms with van der Waals surface area (Å²) in [6.45, 7) is 6.69. The average Bonchev–Trinajstić information content (AvgIpc) is 3.35. The third-order valence-electron chi connectivity index (χ3n) is 5.98. The molecule has 0 unspecified atom stereocenters. The number of benzene rings is 1. The minimum atomic E-state index is -0.188. The van der Waals surface area contributed by atoms with Gasteiger partial charge in [0.25, 0.3) is 0 Å². The fourth-order valence-electron chi connectivity index (χ4n) is 4.05. The molecule has 4 aromatic heterocycles. The molecule has 37 heavy (non-hydrogen) atoms. The molecule has 5 heterocycles. The summed E-state index contributed by atoms with van der Waals surface area (Å²) >= 11 is 0. The van der Waals surface area contributed by atoms with Crippen LogP contribution in [-0.2, 0) is 4.79 Å². The molecule has 6 rings (SSSR count). The lowest BCUT2D eigenvalue weighted by molar-refractivity contribution is -0.117. The summed E-state index contributed by atoms with van der Waals surface area (Å²) in [5, 5.41) is 10.3. The van der Waals surface area contributed by atoms with Crippen LogP contribution in [0, 0.1) is 6.92 Å². The van der Waals surface area contributed by atoms with E-state index < -0.39 is 0 Å². The van der Waals surface area contributed by atoms with Crippen molar-refractivity contribution >= 4 is 40.0 Å². The predicted octanol–water partition coefficient (Wildman–Crippen LogP) is 2.80. The smallest absolute Gasteiger partial charge is 0.243 e. The number of nitrogens with zero attached hydrogens (tertiary/aromatic N) is 8. The van der Waals surface area contributed by atoms with Crippen LogP contribution in [0.1, 0.15) is 5.56 Å². The zero-order valence-electron chi connectivity index (χ0n) is 19.9. The zero-order chi connectivity index (χ0) is 25.4. The third kappa shape index (κ3) is 4.47. The molecule has 0 spiro atoms. The van der Waals surface area contributed by atoms with Gasteiger partial charge in [-0.15, -0.1) is 0 Å². The van der Waals surface area contributed by atoms with Gasteiger partial charge in [0.2, 0.25) is 11.9 Å². The van der Waals surface area contributed by atoms with Crippen molar-refractivity contribution in [2.45, 2.75) is 13.0 Å². The molecule has 0 aliphatic carbocycles. The van der Waals surface area contributed by atoms with Gasteiger partial charge in [0.15, 0.2) is 11.5 Å². The number of aryl methyl sites for hydroxylation is 1. The standard InChI is InChI=1S/C25H22N10O2/c1-3-22(36)31-17-11-34(12-17)25-26-10-19-23(33-25)24(29-13-27-19)32-16-4-5-20(15(2)8-16)37-18-6-7-35-21(9-18)28-14-30-35/h3-10,13-14,17H,1,11-12H2,2H3,(H,31,36)(H,27,29,32). The molecule has 0 saturated carbocycles. The number of rotatable bonds is 7. The van der Waals surface area contributed by atoms with E-state index in [9.17, 15) is 4.79 Å². The Bertz CT molecular complexity index is 1640. The number of aromatic nitrogens is 7. The maximum Gasteiger partial charge on any atom is 0.243 e. The van der Waals surface area contributed by atoms with Crippen molar-refractivity contribution in [1.82, 2.24) is 39.9 Å². The van der Waals surface area contributed by atoms with E-state index in [4.69, 9.17) is 9.72 Å². The van der Waals surface area contributed by atoms with Crippen molar-refractivity contribution in [3.63, 3.8) is 0 Å². The molecule has 0 bridgehead atoms. The first kappa shape index (κ1) is 22.3. The van der Waals surface area contributed by atoms with Crippen LogP contribution in [-0.4, -0.2) is 59.6 Å². The average molecular weight is 495 g/mol. The Balaban J connectivity index is 1.19. The summed E-state index contributed by atoms with van der Waals surface area (Å²) in [5.41, 5.74) is 3.70. The van der Waals surface area contributed by atoms with Gasteiger partial charge in [-0.2, -0.15) is 5.10 Å². The number of carbonyl (C=O) groups excluding carboxylic acids is 1. The molecule has 0 atom stereocenters. The molecule has 1 aromatic carbocycles. The Kier molecular flexibility index (Phi) is 5.52. The molecular weight excluding hydrogens is 472 g/mol. The number of nitrogens with one attached hydrogen (secondary N) is 2. The summed E-state index contributed by atoms with van der Waals surface area (Å²) in [4.78, 5) is 35.5. The van der Waals surface area contributed by atoms with E-state index in [-0.39, 0.29) is 11.9 Å². The van der Waals surface area contributed by atoms with Gasteiger partial charge in [0.1, 0.15) is 35.2 Å². The Labute approximate surface area is 211 Å². The fraction of sp³-hybridized carbons (Fsp3) is 0.160. The molecule has 1 fully saturated rings. The topological polar surface area (TPSA) is 135 Å². The van der Waals surface area contributed by atoms with Crippen LogP contribution in [0.5, 0.6) is 11.5 Å². The van der Waals surface area contributed by atoms with Gasteiger partial charge >= 0.3 is 0 Å². The number of amides is 1. The van der Waals surface area contributed by atoms with Gasteiger partial charge in [-0.25, -0.2) is 29.4 Å². The van der Waals surface area contributed by atoms with Crippen molar-refractivity contribution in [2.24, 2.45) is 0 Å². The summed E-state index contributed by atoms with van der Waals surface area (Å²) in [7, 11) is 0. The van der Waals surface area contributed by atoms with Gasteiger partial charge < -0.3 is 20.3 Å². The van der Waals surface area contributed by atoms with Gasteiger partial charge in [-0.3, -0.25) is 4.79 Å². The zero-order valence-corrected chi connectivity index (χ0v) is 19.9. The summed E-state index contributed by atoms with van der Waals surface area (Å²) < 4.78 is 7.75. The second-order valence-electron chi connectivity index (χ2n) is 8.57. The van der Waals surface area contributed by atoms with Crippen LogP contribution in [0.3, 0.4) is 0 Å². The second kappa shape index (κ2) is 9.15. The first-order chi connectivity index (χ1) is 18.1. The summed E-state index contributed by atoms with van der Waals surface area (Å²) in [6.07, 6.45) is 7.72. The first-order valence-electron chi connectivity index (χ1n) is 11.6. The van der Waals surface area contributed by atoms with E-state index in [0.29, 0.717) is 47.3 Å². The highest BCUT2D eigenvalue weighted by Gasteiger charge is 2.29. The molecule has 1 aliphatic heterocycles. The number of ether oxygens (including phenoxy) is 1. The van der Waals surface area contributed by atoms with E-state index >= 15 is 0 Å².